The molecule has 0 aliphatic carbocycles. The van der Waals surface area contributed by atoms with Gasteiger partial charge in [0.15, 0.2) is 0 Å². The molecule has 0 fully saturated rings. The SMILES string of the molecule is O=S(=O)(O)N1C=CNC(Cl)=C1. The first-order chi connectivity index (χ1) is 5.00. The van der Waals surface area contributed by atoms with Crippen LogP contribution in [0.25, 0.3) is 0 Å². The molecule has 0 saturated carbocycles. The zero-order chi connectivity index (χ0) is 8.48. The van der Waals surface area contributed by atoms with Gasteiger partial charge in [0.25, 0.3) is 0 Å². The van der Waals surface area contributed by atoms with E-state index in [1.807, 2.05) is 0 Å². The summed E-state index contributed by atoms with van der Waals surface area (Å²) in [6, 6.07) is 0. The first kappa shape index (κ1) is 8.38. The highest BCUT2D eigenvalue weighted by molar-refractivity contribution is 7.83. The van der Waals surface area contributed by atoms with E-state index in [2.05, 4.69) is 5.32 Å². The lowest BCUT2D eigenvalue weighted by atomic mass is 10.7. The van der Waals surface area contributed by atoms with Crippen LogP contribution in [0.5, 0.6) is 0 Å². The van der Waals surface area contributed by atoms with Gasteiger partial charge in [-0.15, -0.1) is 0 Å². The topological polar surface area (TPSA) is 69.6 Å². The Morgan fingerprint density at radius 1 is 1.64 bits per heavy atom. The molecule has 0 unspecified atom stereocenters. The molecular weight excluding hydrogens is 192 g/mol. The Balaban J connectivity index is 2.92. The summed E-state index contributed by atoms with van der Waals surface area (Å²) in [5, 5.41) is 2.63. The molecule has 1 aliphatic heterocycles. The second kappa shape index (κ2) is 2.72. The van der Waals surface area contributed by atoms with Gasteiger partial charge in [0.1, 0.15) is 5.16 Å². The summed E-state index contributed by atoms with van der Waals surface area (Å²) in [4.78, 5) is 0. The second-order valence-electron chi connectivity index (χ2n) is 1.74. The maximum Gasteiger partial charge on any atom is 0.363 e. The van der Waals surface area contributed by atoms with Gasteiger partial charge in [0.2, 0.25) is 0 Å². The van der Waals surface area contributed by atoms with E-state index in [9.17, 15) is 8.42 Å². The summed E-state index contributed by atoms with van der Waals surface area (Å²) in [7, 11) is -4.21. The monoisotopic (exact) mass is 196 g/mol. The summed E-state index contributed by atoms with van der Waals surface area (Å²) < 4.78 is 29.9. The Kier molecular flexibility index (Phi) is 2.08. The smallest absolute Gasteiger partial charge is 0.350 e. The van der Waals surface area contributed by atoms with Crippen molar-refractivity contribution in [3.05, 3.63) is 23.8 Å². The Morgan fingerprint density at radius 3 is 2.64 bits per heavy atom. The first-order valence-corrected chi connectivity index (χ1v) is 4.34. The number of nitrogens with zero attached hydrogens (tertiary/aromatic N) is 1. The molecule has 1 rings (SSSR count). The number of rotatable bonds is 1. The molecule has 0 aromatic rings. The summed E-state index contributed by atoms with van der Waals surface area (Å²) in [5.41, 5.74) is 0. The van der Waals surface area contributed by atoms with E-state index in [0.29, 0.717) is 4.31 Å². The Labute approximate surface area is 68.8 Å². The third kappa shape index (κ3) is 2.11. The van der Waals surface area contributed by atoms with Crippen molar-refractivity contribution in [1.29, 1.82) is 0 Å². The summed E-state index contributed by atoms with van der Waals surface area (Å²) in [6.07, 6.45) is 3.45. The molecular formula is C4H5ClN2O3S. The van der Waals surface area contributed by atoms with Crippen molar-refractivity contribution in [2.75, 3.05) is 0 Å². The predicted octanol–water partition coefficient (Wildman–Crippen LogP) is 0.203. The molecule has 0 spiro atoms. The van der Waals surface area contributed by atoms with Crippen molar-refractivity contribution < 1.29 is 13.0 Å². The van der Waals surface area contributed by atoms with Crippen molar-refractivity contribution in [2.45, 2.75) is 0 Å². The summed E-state index contributed by atoms with van der Waals surface area (Å²) >= 11 is 5.40. The van der Waals surface area contributed by atoms with E-state index >= 15 is 0 Å². The van der Waals surface area contributed by atoms with E-state index in [0.717, 1.165) is 12.4 Å². The van der Waals surface area contributed by atoms with Gasteiger partial charge in [0, 0.05) is 12.4 Å². The molecule has 2 N–H and O–H groups in total. The molecule has 7 heteroatoms. The lowest BCUT2D eigenvalue weighted by Crippen LogP contribution is -2.24. The van der Waals surface area contributed by atoms with Crippen molar-refractivity contribution in [1.82, 2.24) is 9.62 Å². The van der Waals surface area contributed by atoms with Crippen LogP contribution < -0.4 is 5.32 Å². The minimum Gasteiger partial charge on any atom is -0.350 e. The zero-order valence-corrected chi connectivity index (χ0v) is 6.80. The van der Waals surface area contributed by atoms with E-state index in [-0.39, 0.29) is 5.16 Å². The van der Waals surface area contributed by atoms with Gasteiger partial charge in [-0.2, -0.15) is 8.42 Å². The van der Waals surface area contributed by atoms with Gasteiger partial charge in [-0.1, -0.05) is 11.6 Å². The molecule has 11 heavy (non-hydrogen) atoms. The van der Waals surface area contributed by atoms with Crippen molar-refractivity contribution in [3.63, 3.8) is 0 Å². The maximum absolute atomic E-state index is 10.4. The van der Waals surface area contributed by atoms with Crippen LogP contribution in [-0.4, -0.2) is 17.3 Å². The van der Waals surface area contributed by atoms with Gasteiger partial charge in [0.05, 0.1) is 6.20 Å². The minimum absolute atomic E-state index is 0.116. The standard InChI is InChI=1S/C4H5ClN2O3S/c5-4-3-7(2-1-6-4)11(8,9)10/h1-3,6H,(H,8,9,10). The molecule has 0 aromatic heterocycles. The van der Waals surface area contributed by atoms with Crippen LogP contribution in [0.3, 0.4) is 0 Å². The van der Waals surface area contributed by atoms with Gasteiger partial charge in [-0.05, 0) is 0 Å². The molecule has 0 bridgehead atoms. The van der Waals surface area contributed by atoms with Crippen LogP contribution in [0, 0.1) is 0 Å². The fourth-order valence-corrected chi connectivity index (χ4v) is 1.21. The molecule has 62 valence electrons. The highest BCUT2D eigenvalue weighted by Gasteiger charge is 2.14. The van der Waals surface area contributed by atoms with Crippen LogP contribution in [0.4, 0.5) is 0 Å². The number of halogens is 1. The molecule has 5 nitrogen and oxygen atoms in total. The Hall–Kier alpha value is -0.720. The molecule has 0 aromatic carbocycles. The van der Waals surface area contributed by atoms with Gasteiger partial charge in [-0.3, -0.25) is 4.55 Å². The number of nitrogens with one attached hydrogen (secondary N) is 1. The summed E-state index contributed by atoms with van der Waals surface area (Å²) in [6.45, 7) is 0. The molecule has 0 amide bonds. The molecule has 1 heterocycles. The second-order valence-corrected chi connectivity index (χ2v) is 3.47. The first-order valence-electron chi connectivity index (χ1n) is 2.56. The van der Waals surface area contributed by atoms with Crippen LogP contribution in [0.2, 0.25) is 0 Å². The lowest BCUT2D eigenvalue weighted by Gasteiger charge is -2.15. The van der Waals surface area contributed by atoms with E-state index < -0.39 is 10.3 Å². The molecule has 0 saturated heterocycles. The zero-order valence-electron chi connectivity index (χ0n) is 5.23. The number of hydrogen-bond donors (Lipinski definition) is 2. The fourth-order valence-electron chi connectivity index (χ4n) is 0.526. The molecule has 0 atom stereocenters. The quantitative estimate of drug-likeness (QED) is 0.465. The van der Waals surface area contributed by atoms with Crippen LogP contribution in [0.1, 0.15) is 0 Å². The lowest BCUT2D eigenvalue weighted by molar-refractivity contribution is 0.437. The highest BCUT2D eigenvalue weighted by Crippen LogP contribution is 2.08. The van der Waals surface area contributed by atoms with E-state index in [4.69, 9.17) is 16.2 Å². The molecule has 0 radical (unpaired) electrons. The molecule has 1 aliphatic rings. The van der Waals surface area contributed by atoms with Gasteiger partial charge >= 0.3 is 10.3 Å². The number of hydrogen-bond acceptors (Lipinski definition) is 3. The normalized spacial score (nSPS) is 17.6. The van der Waals surface area contributed by atoms with Crippen LogP contribution in [0.15, 0.2) is 23.8 Å². The van der Waals surface area contributed by atoms with Crippen molar-refractivity contribution >= 4 is 21.9 Å². The van der Waals surface area contributed by atoms with Gasteiger partial charge < -0.3 is 5.32 Å². The Morgan fingerprint density at radius 2 is 2.27 bits per heavy atom. The van der Waals surface area contributed by atoms with Crippen LogP contribution in [-0.2, 0) is 10.3 Å². The fraction of sp³-hybridized carbons (Fsp3) is 0. The van der Waals surface area contributed by atoms with Crippen molar-refractivity contribution in [3.8, 4) is 0 Å². The van der Waals surface area contributed by atoms with Gasteiger partial charge in [-0.25, -0.2) is 4.31 Å². The average Bonchev–Trinajstić information content (AvgIpc) is 1.86. The van der Waals surface area contributed by atoms with Crippen molar-refractivity contribution in [2.24, 2.45) is 0 Å². The Bertz CT molecular complexity index is 307. The summed E-state index contributed by atoms with van der Waals surface area (Å²) in [5.74, 6) is 0. The highest BCUT2D eigenvalue weighted by atomic mass is 35.5. The maximum atomic E-state index is 10.4. The average molecular weight is 197 g/mol. The largest absolute Gasteiger partial charge is 0.363 e. The predicted molar refractivity (Wildman–Crippen MR) is 39.6 cm³/mol. The minimum atomic E-state index is -4.21. The third-order valence-corrected chi connectivity index (χ3v) is 1.92. The van der Waals surface area contributed by atoms with E-state index in [1.54, 1.807) is 0 Å². The van der Waals surface area contributed by atoms with E-state index in [1.165, 1.54) is 6.20 Å². The van der Waals surface area contributed by atoms with Crippen LogP contribution >= 0.6 is 11.6 Å². The third-order valence-electron chi connectivity index (χ3n) is 0.950.